The van der Waals surface area contributed by atoms with Crippen molar-refractivity contribution in [1.29, 1.82) is 5.26 Å². The van der Waals surface area contributed by atoms with Gasteiger partial charge < -0.3 is 15.4 Å². The molecule has 0 aliphatic rings. The number of carbonyl (C=O) groups is 2. The maximum absolute atomic E-state index is 15.1. The number of aryl methyl sites for hydroxylation is 3. The Hall–Kier alpha value is -4.74. The van der Waals surface area contributed by atoms with Gasteiger partial charge in [-0.15, -0.1) is 0 Å². The molecule has 3 aromatic rings. The molecule has 15 heteroatoms. The van der Waals surface area contributed by atoms with E-state index >= 15 is 4.39 Å². The summed E-state index contributed by atoms with van der Waals surface area (Å²) in [7, 11) is 1.17. The highest BCUT2D eigenvalue weighted by atomic mass is 19.4. The minimum Gasteiger partial charge on any atom is -0.494 e. The number of amides is 2. The third-order valence-corrected chi connectivity index (χ3v) is 6.93. The summed E-state index contributed by atoms with van der Waals surface area (Å²) < 4.78 is 128. The van der Waals surface area contributed by atoms with E-state index in [1.165, 1.54) is 50.4 Å². The number of rotatable bonds is 8. The van der Waals surface area contributed by atoms with E-state index in [0.717, 1.165) is 6.92 Å². The summed E-state index contributed by atoms with van der Waals surface area (Å²) >= 11 is 0. The third-order valence-electron chi connectivity index (χ3n) is 6.93. The van der Waals surface area contributed by atoms with E-state index in [1.807, 2.05) is 6.07 Å². The molecular formula is C30H24F9N3O3. The summed E-state index contributed by atoms with van der Waals surface area (Å²) in [5.74, 6) is -8.60. The highest BCUT2D eigenvalue weighted by Gasteiger charge is 2.81. The Labute approximate surface area is 250 Å². The fourth-order valence-corrected chi connectivity index (χ4v) is 4.63. The van der Waals surface area contributed by atoms with Gasteiger partial charge in [0.05, 0.1) is 30.0 Å². The van der Waals surface area contributed by atoms with Crippen molar-refractivity contribution < 1.29 is 53.8 Å². The number of hydrogen-bond donors (Lipinski definition) is 2. The Balaban J connectivity index is 2.03. The molecule has 0 spiro atoms. The zero-order chi connectivity index (χ0) is 34.1. The van der Waals surface area contributed by atoms with Crippen LogP contribution in [0.2, 0.25) is 0 Å². The smallest absolute Gasteiger partial charge is 0.457 e. The molecule has 0 saturated heterocycles. The van der Waals surface area contributed by atoms with Crippen molar-refractivity contribution >= 4 is 23.2 Å². The van der Waals surface area contributed by atoms with Crippen LogP contribution in [0.1, 0.15) is 55.5 Å². The molecule has 2 amide bonds. The molecule has 0 aromatic heterocycles. The Morgan fingerprint density at radius 1 is 0.822 bits per heavy atom. The van der Waals surface area contributed by atoms with Gasteiger partial charge in [-0.25, -0.2) is 4.39 Å². The van der Waals surface area contributed by atoms with Crippen molar-refractivity contribution in [2.24, 2.45) is 0 Å². The lowest BCUT2D eigenvalue weighted by molar-refractivity contribution is -0.389. The Kier molecular flexibility index (Phi) is 9.52. The third kappa shape index (κ3) is 6.27. The van der Waals surface area contributed by atoms with Crippen molar-refractivity contribution in [3.8, 4) is 11.8 Å². The van der Waals surface area contributed by atoms with E-state index in [0.29, 0.717) is 11.1 Å². The predicted octanol–water partition coefficient (Wildman–Crippen LogP) is 8.18. The van der Waals surface area contributed by atoms with Crippen LogP contribution in [0.15, 0.2) is 48.5 Å². The fourth-order valence-electron chi connectivity index (χ4n) is 4.63. The second-order valence-electron chi connectivity index (χ2n) is 9.85. The van der Waals surface area contributed by atoms with Gasteiger partial charge in [-0.1, -0.05) is 19.1 Å². The average molecular weight is 646 g/mol. The SMILES string of the molecule is CCc1cc(C(F)(C(F)(F)F)C(F)(F)C(F)(F)F)cc(C)c1NC(=O)c1cccc(NC(=O)c2ccc(C#N)cc2C)c1OC. The second-order valence-corrected chi connectivity index (χ2v) is 9.85. The maximum Gasteiger partial charge on any atom is 0.457 e. The van der Waals surface area contributed by atoms with Gasteiger partial charge in [0, 0.05) is 16.8 Å². The summed E-state index contributed by atoms with van der Waals surface area (Å²) in [5.41, 5.74) is -8.42. The second kappa shape index (κ2) is 12.3. The van der Waals surface area contributed by atoms with Gasteiger partial charge in [-0.05, 0) is 73.4 Å². The summed E-state index contributed by atoms with van der Waals surface area (Å²) in [6.45, 7) is 3.89. The number of anilines is 2. The van der Waals surface area contributed by atoms with Gasteiger partial charge in [-0.2, -0.15) is 40.4 Å². The molecule has 3 rings (SSSR count). The van der Waals surface area contributed by atoms with Crippen LogP contribution in [-0.4, -0.2) is 37.2 Å². The topological polar surface area (TPSA) is 91.2 Å². The lowest BCUT2D eigenvalue weighted by atomic mass is 9.85. The van der Waals surface area contributed by atoms with Crippen molar-refractivity contribution in [1.82, 2.24) is 0 Å². The molecular weight excluding hydrogens is 621 g/mol. The van der Waals surface area contributed by atoms with Gasteiger partial charge in [-0.3, -0.25) is 9.59 Å². The lowest BCUT2D eigenvalue weighted by Crippen LogP contribution is -2.59. The van der Waals surface area contributed by atoms with Crippen molar-refractivity contribution in [2.45, 2.75) is 51.1 Å². The highest BCUT2D eigenvalue weighted by molar-refractivity contribution is 6.11. The molecule has 1 atom stereocenters. The minimum absolute atomic E-state index is 0.0171. The largest absolute Gasteiger partial charge is 0.494 e. The lowest BCUT2D eigenvalue weighted by Gasteiger charge is -2.36. The number of carbonyl (C=O) groups excluding carboxylic acids is 2. The zero-order valence-corrected chi connectivity index (χ0v) is 23.9. The number of nitrogens with one attached hydrogen (secondary N) is 2. The summed E-state index contributed by atoms with van der Waals surface area (Å²) in [5, 5.41) is 14.0. The van der Waals surface area contributed by atoms with Crippen LogP contribution >= 0.6 is 0 Å². The average Bonchev–Trinajstić information content (AvgIpc) is 2.95. The Morgan fingerprint density at radius 3 is 1.96 bits per heavy atom. The van der Waals surface area contributed by atoms with E-state index < -0.39 is 46.9 Å². The Morgan fingerprint density at radius 2 is 1.44 bits per heavy atom. The molecule has 0 saturated carbocycles. The standard InChI is InChI=1S/C30H24F9N3O3/c1-5-18-13-19(27(31,29(34,35)36)28(32,33)30(37,38)39)12-16(3)23(18)42-26(44)21-7-6-8-22(24(21)45-4)41-25(43)20-10-9-17(14-40)11-15(20)2/h6-13H,5H2,1-4H3,(H,41,43)(H,42,44). The highest BCUT2D eigenvalue weighted by Crippen LogP contribution is 2.58. The molecule has 0 fully saturated rings. The number of ether oxygens (including phenoxy) is 1. The van der Waals surface area contributed by atoms with Crippen LogP contribution in [0.25, 0.3) is 0 Å². The van der Waals surface area contributed by atoms with Crippen LogP contribution in [0, 0.1) is 25.2 Å². The van der Waals surface area contributed by atoms with Gasteiger partial charge in [0.15, 0.2) is 5.75 Å². The van der Waals surface area contributed by atoms with Gasteiger partial charge in [0.2, 0.25) is 0 Å². The van der Waals surface area contributed by atoms with Gasteiger partial charge >= 0.3 is 23.9 Å². The van der Waals surface area contributed by atoms with E-state index in [1.54, 1.807) is 6.92 Å². The maximum atomic E-state index is 15.1. The molecule has 0 bridgehead atoms. The minimum atomic E-state index is -6.89. The number of nitrogens with zero attached hydrogens (tertiary/aromatic N) is 1. The number of hydrogen-bond acceptors (Lipinski definition) is 4. The molecule has 45 heavy (non-hydrogen) atoms. The molecule has 0 radical (unpaired) electrons. The molecule has 1 unspecified atom stereocenters. The number of benzene rings is 3. The fraction of sp³-hybridized carbons (Fsp3) is 0.300. The quantitative estimate of drug-likeness (QED) is 0.242. The Bertz CT molecular complexity index is 1680. The molecule has 2 N–H and O–H groups in total. The van der Waals surface area contributed by atoms with Crippen molar-refractivity contribution in [3.05, 3.63) is 87.5 Å². The van der Waals surface area contributed by atoms with Crippen LogP contribution in [0.5, 0.6) is 5.75 Å². The molecule has 6 nitrogen and oxygen atoms in total. The number of methoxy groups -OCH3 is 1. The molecule has 3 aromatic carbocycles. The first kappa shape index (κ1) is 34.7. The first-order chi connectivity index (χ1) is 20.7. The summed E-state index contributed by atoms with van der Waals surface area (Å²) in [6.07, 6.45) is -13.9. The number of halogens is 9. The number of para-hydroxylation sites is 1. The van der Waals surface area contributed by atoms with Crippen LogP contribution in [0.4, 0.5) is 50.9 Å². The van der Waals surface area contributed by atoms with E-state index in [-0.39, 0.29) is 52.4 Å². The van der Waals surface area contributed by atoms with Crippen LogP contribution in [0.3, 0.4) is 0 Å². The zero-order valence-electron chi connectivity index (χ0n) is 23.9. The monoisotopic (exact) mass is 645 g/mol. The van der Waals surface area contributed by atoms with Crippen LogP contribution in [-0.2, 0) is 12.1 Å². The van der Waals surface area contributed by atoms with Crippen molar-refractivity contribution in [2.75, 3.05) is 17.7 Å². The van der Waals surface area contributed by atoms with Gasteiger partial charge in [0.1, 0.15) is 0 Å². The summed E-state index contributed by atoms with van der Waals surface area (Å²) in [6, 6.07) is 10.6. The molecule has 240 valence electrons. The van der Waals surface area contributed by atoms with Crippen LogP contribution < -0.4 is 15.4 Å². The van der Waals surface area contributed by atoms with Gasteiger partial charge in [0.25, 0.3) is 11.8 Å². The van der Waals surface area contributed by atoms with E-state index in [2.05, 4.69) is 10.6 Å². The summed E-state index contributed by atoms with van der Waals surface area (Å²) in [4.78, 5) is 26.3. The first-order valence-electron chi connectivity index (χ1n) is 12.9. The first-order valence-corrected chi connectivity index (χ1v) is 12.9. The predicted molar refractivity (Wildman–Crippen MR) is 145 cm³/mol. The van der Waals surface area contributed by atoms with E-state index in [4.69, 9.17) is 10.00 Å². The molecule has 0 aliphatic heterocycles. The van der Waals surface area contributed by atoms with E-state index in [9.17, 15) is 44.7 Å². The molecule has 0 heterocycles. The normalized spacial score (nSPS) is 13.4. The number of nitriles is 1. The van der Waals surface area contributed by atoms with Crippen molar-refractivity contribution in [3.63, 3.8) is 0 Å². The number of alkyl halides is 9. The molecule has 0 aliphatic carbocycles.